The second-order valence-electron chi connectivity index (χ2n) is 10.2. The van der Waals surface area contributed by atoms with Crippen LogP contribution in [0, 0.1) is 6.92 Å². The van der Waals surface area contributed by atoms with Crippen LogP contribution in [0.3, 0.4) is 0 Å². The summed E-state index contributed by atoms with van der Waals surface area (Å²) in [7, 11) is 4.43. The van der Waals surface area contributed by atoms with Crippen LogP contribution in [0.2, 0.25) is 0 Å². The van der Waals surface area contributed by atoms with E-state index in [2.05, 4.69) is 0 Å². The highest BCUT2D eigenvalue weighted by atomic mass is 32.1. The molecular weight excluding hydrogens is 596 g/mol. The average molecular weight is 631 g/mol. The molecular formula is C34H34N2O8S. The quantitative estimate of drug-likeness (QED) is 0.226. The number of ether oxygens (including phenoxy) is 4. The molecule has 0 amide bonds. The summed E-state index contributed by atoms with van der Waals surface area (Å²) in [6, 6.07) is 13.2. The van der Waals surface area contributed by atoms with Crippen LogP contribution in [0.5, 0.6) is 11.5 Å². The number of aryl methyl sites for hydroxylation is 1. The normalized spacial score (nSPS) is 14.5. The van der Waals surface area contributed by atoms with Crippen LogP contribution in [0.1, 0.15) is 60.0 Å². The Morgan fingerprint density at radius 3 is 2.49 bits per heavy atom. The zero-order valence-corrected chi connectivity index (χ0v) is 26.8. The Kier molecular flexibility index (Phi) is 9.38. The predicted molar refractivity (Wildman–Crippen MR) is 169 cm³/mol. The fraction of sp³-hybridized carbons (Fsp3) is 0.294. The number of hydrogen-bond acceptors (Lipinski definition) is 10. The maximum atomic E-state index is 14.2. The summed E-state index contributed by atoms with van der Waals surface area (Å²) < 4.78 is 29.5. The minimum absolute atomic E-state index is 0.167. The van der Waals surface area contributed by atoms with Gasteiger partial charge in [-0.3, -0.25) is 9.36 Å². The molecule has 2 aromatic heterocycles. The van der Waals surface area contributed by atoms with Gasteiger partial charge in [0.15, 0.2) is 4.80 Å². The number of aromatic nitrogens is 1. The summed E-state index contributed by atoms with van der Waals surface area (Å²) in [4.78, 5) is 44.9. The molecule has 11 heteroatoms. The van der Waals surface area contributed by atoms with Gasteiger partial charge in [-0.15, -0.1) is 0 Å². The van der Waals surface area contributed by atoms with Crippen molar-refractivity contribution in [3.8, 4) is 22.8 Å². The molecule has 5 rings (SSSR count). The molecule has 0 aliphatic carbocycles. The fourth-order valence-corrected chi connectivity index (χ4v) is 6.36. The highest BCUT2D eigenvalue weighted by molar-refractivity contribution is 7.07. The van der Waals surface area contributed by atoms with Crippen molar-refractivity contribution in [1.82, 2.24) is 4.57 Å². The van der Waals surface area contributed by atoms with Crippen LogP contribution < -0.4 is 24.4 Å². The molecule has 3 heterocycles. The lowest BCUT2D eigenvalue weighted by Crippen LogP contribution is -2.40. The second-order valence-corrected chi connectivity index (χ2v) is 11.3. The molecule has 0 N–H and O–H groups in total. The first-order valence-electron chi connectivity index (χ1n) is 14.5. The van der Waals surface area contributed by atoms with Gasteiger partial charge in [-0.1, -0.05) is 30.7 Å². The zero-order chi connectivity index (χ0) is 32.2. The van der Waals surface area contributed by atoms with Crippen molar-refractivity contribution in [3.63, 3.8) is 0 Å². The number of furan rings is 1. The third-order valence-corrected chi connectivity index (χ3v) is 8.42. The van der Waals surface area contributed by atoms with E-state index < -0.39 is 18.0 Å². The molecule has 1 aliphatic heterocycles. The molecule has 0 spiro atoms. The van der Waals surface area contributed by atoms with E-state index in [9.17, 15) is 14.4 Å². The van der Waals surface area contributed by atoms with E-state index in [0.717, 1.165) is 17.5 Å². The molecule has 0 radical (unpaired) electrons. The molecule has 0 unspecified atom stereocenters. The maximum absolute atomic E-state index is 14.2. The SMILES string of the molecule is CCCC1=C(C(=O)OCC)[C@@H](c2cc(OC)ccc2OC)n2c(s/c(=C\c3ccc(-c4ccc(C(=O)OC)cc4C)o3)c2=O)=N1. The van der Waals surface area contributed by atoms with E-state index in [1.54, 1.807) is 62.6 Å². The van der Waals surface area contributed by atoms with Crippen LogP contribution in [0.4, 0.5) is 0 Å². The number of esters is 2. The molecule has 0 bridgehead atoms. The third-order valence-electron chi connectivity index (χ3n) is 7.44. The van der Waals surface area contributed by atoms with Crippen LogP contribution in [0.15, 0.2) is 74.0 Å². The summed E-state index contributed by atoms with van der Waals surface area (Å²) >= 11 is 1.21. The lowest BCUT2D eigenvalue weighted by atomic mass is 9.93. The van der Waals surface area contributed by atoms with Gasteiger partial charge in [-0.25, -0.2) is 14.6 Å². The number of nitrogens with zero attached hydrogens (tertiary/aromatic N) is 2. The van der Waals surface area contributed by atoms with Gasteiger partial charge in [0, 0.05) is 17.2 Å². The molecule has 0 fully saturated rings. The van der Waals surface area contributed by atoms with Crippen molar-refractivity contribution in [1.29, 1.82) is 0 Å². The molecule has 1 atom stereocenters. The topological polar surface area (TPSA) is 119 Å². The van der Waals surface area contributed by atoms with E-state index in [0.29, 0.717) is 55.6 Å². The summed E-state index contributed by atoms with van der Waals surface area (Å²) in [5.74, 6) is 1.11. The molecule has 45 heavy (non-hydrogen) atoms. The Morgan fingerprint density at radius 2 is 1.82 bits per heavy atom. The molecule has 10 nitrogen and oxygen atoms in total. The molecule has 0 saturated carbocycles. The highest BCUT2D eigenvalue weighted by Crippen LogP contribution is 2.39. The lowest BCUT2D eigenvalue weighted by molar-refractivity contribution is -0.139. The van der Waals surface area contributed by atoms with Crippen molar-refractivity contribution < 1.29 is 33.0 Å². The Labute approximate surface area is 263 Å². The second kappa shape index (κ2) is 13.4. The van der Waals surface area contributed by atoms with Gasteiger partial charge in [-0.2, -0.15) is 0 Å². The summed E-state index contributed by atoms with van der Waals surface area (Å²) in [5, 5.41) is 0. The molecule has 1 aliphatic rings. The first-order valence-corrected chi connectivity index (χ1v) is 15.3. The van der Waals surface area contributed by atoms with Crippen molar-refractivity contribution in [2.24, 2.45) is 4.99 Å². The van der Waals surface area contributed by atoms with Crippen molar-refractivity contribution in [3.05, 3.63) is 102 Å². The van der Waals surface area contributed by atoms with Crippen LogP contribution in [-0.4, -0.2) is 44.4 Å². The molecule has 0 saturated heterocycles. The monoisotopic (exact) mass is 630 g/mol. The minimum atomic E-state index is -0.864. The number of methoxy groups -OCH3 is 3. The largest absolute Gasteiger partial charge is 0.497 e. The number of fused-ring (bicyclic) bond motifs is 1. The average Bonchev–Trinajstić information content (AvgIpc) is 3.63. The lowest BCUT2D eigenvalue weighted by Gasteiger charge is -2.27. The summed E-state index contributed by atoms with van der Waals surface area (Å²) in [6.45, 7) is 5.78. The van der Waals surface area contributed by atoms with E-state index in [1.807, 2.05) is 19.9 Å². The minimum Gasteiger partial charge on any atom is -0.497 e. The Hall–Kier alpha value is -4.90. The van der Waals surface area contributed by atoms with Crippen molar-refractivity contribution in [2.45, 2.75) is 39.7 Å². The van der Waals surface area contributed by atoms with Gasteiger partial charge in [0.2, 0.25) is 0 Å². The smallest absolute Gasteiger partial charge is 0.338 e. The standard InChI is InChI=1S/C34H34N2O8S/c1-7-9-25-29(33(39)43-8-2)30(24-17-21(40-4)11-14-26(24)41-5)36-31(37)28(45-34(36)35-25)18-22-12-15-27(44-22)23-13-10-20(16-19(23)3)32(38)42-6/h10-18,30H,7-9H2,1-6H3/b28-18-/t30-/m1/s1. The number of allylic oxidation sites excluding steroid dienone is 1. The van der Waals surface area contributed by atoms with E-state index in [1.165, 1.54) is 30.1 Å². The summed E-state index contributed by atoms with van der Waals surface area (Å²) in [5.41, 5.74) is 3.15. The van der Waals surface area contributed by atoms with Crippen molar-refractivity contribution >= 4 is 29.4 Å². The Morgan fingerprint density at radius 1 is 1.02 bits per heavy atom. The predicted octanol–water partition coefficient (Wildman–Crippen LogP) is 4.95. The third kappa shape index (κ3) is 6.08. The van der Waals surface area contributed by atoms with Gasteiger partial charge < -0.3 is 23.4 Å². The summed E-state index contributed by atoms with van der Waals surface area (Å²) in [6.07, 6.45) is 2.91. The number of benzene rings is 2. The first kappa shape index (κ1) is 31.5. The molecule has 2 aromatic carbocycles. The van der Waals surface area contributed by atoms with E-state index >= 15 is 0 Å². The fourth-order valence-electron chi connectivity index (χ4n) is 5.36. The van der Waals surface area contributed by atoms with Crippen LogP contribution >= 0.6 is 11.3 Å². The van der Waals surface area contributed by atoms with Crippen molar-refractivity contribution in [2.75, 3.05) is 27.9 Å². The number of rotatable bonds is 10. The van der Waals surface area contributed by atoms with Gasteiger partial charge in [-0.05, 0) is 68.3 Å². The molecule has 234 valence electrons. The van der Waals surface area contributed by atoms with E-state index in [-0.39, 0.29) is 17.7 Å². The van der Waals surface area contributed by atoms with Gasteiger partial charge in [0.05, 0.1) is 49.3 Å². The Balaban J connectivity index is 1.67. The highest BCUT2D eigenvalue weighted by Gasteiger charge is 2.36. The van der Waals surface area contributed by atoms with Crippen LogP contribution in [-0.2, 0) is 14.3 Å². The zero-order valence-electron chi connectivity index (χ0n) is 26.0. The van der Waals surface area contributed by atoms with Gasteiger partial charge in [0.1, 0.15) is 29.1 Å². The number of thiazole rings is 1. The van der Waals surface area contributed by atoms with Gasteiger partial charge >= 0.3 is 11.9 Å². The number of hydrogen-bond donors (Lipinski definition) is 0. The van der Waals surface area contributed by atoms with Gasteiger partial charge in [0.25, 0.3) is 5.56 Å². The molecule has 4 aromatic rings. The maximum Gasteiger partial charge on any atom is 0.338 e. The van der Waals surface area contributed by atoms with Crippen LogP contribution in [0.25, 0.3) is 17.4 Å². The Bertz CT molecular complexity index is 1980. The number of carbonyl (C=O) groups excluding carboxylic acids is 2. The number of carbonyl (C=O) groups is 2. The first-order chi connectivity index (χ1) is 21.7. The van der Waals surface area contributed by atoms with E-state index in [4.69, 9.17) is 28.4 Å².